The molecule has 7 heteroatoms. The average molecular weight is 355 g/mol. The van der Waals surface area contributed by atoms with E-state index >= 15 is 0 Å². The summed E-state index contributed by atoms with van der Waals surface area (Å²) in [5, 5.41) is 14.7. The lowest BCUT2D eigenvalue weighted by Gasteiger charge is -2.09. The smallest absolute Gasteiger partial charge is 0.282 e. The number of phenolic OH excluding ortho intramolecular Hbond substituents is 1. The van der Waals surface area contributed by atoms with Crippen LogP contribution >= 0.6 is 11.3 Å². The molecule has 2 aromatic heterocycles. The average Bonchev–Trinajstić information content (AvgIpc) is 3.00. The number of aromatic nitrogens is 2. The molecule has 1 N–H and O–H groups in total. The highest BCUT2D eigenvalue weighted by molar-refractivity contribution is 7.18. The zero-order valence-corrected chi connectivity index (χ0v) is 14.5. The van der Waals surface area contributed by atoms with Crippen LogP contribution in [-0.2, 0) is 12.8 Å². The molecular formula is C18H17N3O3S. The Labute approximate surface area is 148 Å². The molecule has 1 aliphatic carbocycles. The molecule has 0 unspecified atom stereocenters. The second kappa shape index (κ2) is 6.33. The number of hydrogen-bond donors (Lipinski definition) is 1. The number of phenols is 1. The van der Waals surface area contributed by atoms with Gasteiger partial charge in [0.25, 0.3) is 5.56 Å². The topological polar surface area (TPSA) is 76.7 Å². The molecule has 2 heterocycles. The second-order valence-electron chi connectivity index (χ2n) is 5.96. The van der Waals surface area contributed by atoms with Crippen molar-refractivity contribution in [1.29, 1.82) is 0 Å². The van der Waals surface area contributed by atoms with Gasteiger partial charge in [0.05, 0.1) is 18.7 Å². The summed E-state index contributed by atoms with van der Waals surface area (Å²) in [5.41, 5.74) is 1.67. The molecule has 0 bridgehead atoms. The van der Waals surface area contributed by atoms with Crippen LogP contribution in [0.25, 0.3) is 10.2 Å². The zero-order chi connectivity index (χ0) is 17.4. The van der Waals surface area contributed by atoms with Gasteiger partial charge < -0.3 is 9.84 Å². The van der Waals surface area contributed by atoms with Crippen LogP contribution in [0, 0.1) is 0 Å². The molecule has 1 aromatic carbocycles. The van der Waals surface area contributed by atoms with E-state index in [1.807, 2.05) is 0 Å². The van der Waals surface area contributed by atoms with E-state index in [9.17, 15) is 9.90 Å². The Morgan fingerprint density at radius 1 is 1.36 bits per heavy atom. The molecule has 4 rings (SSSR count). The van der Waals surface area contributed by atoms with Crippen molar-refractivity contribution in [1.82, 2.24) is 9.66 Å². The van der Waals surface area contributed by atoms with Crippen LogP contribution in [0.4, 0.5) is 0 Å². The lowest BCUT2D eigenvalue weighted by Crippen LogP contribution is -2.18. The molecule has 0 radical (unpaired) electrons. The van der Waals surface area contributed by atoms with Gasteiger partial charge in [0.2, 0.25) is 0 Å². The molecule has 0 saturated heterocycles. The third-order valence-electron chi connectivity index (χ3n) is 4.39. The van der Waals surface area contributed by atoms with E-state index in [0.29, 0.717) is 16.7 Å². The van der Waals surface area contributed by atoms with Gasteiger partial charge in [0.15, 0.2) is 11.5 Å². The predicted octanol–water partition coefficient (Wildman–Crippen LogP) is 2.93. The molecule has 0 aliphatic heterocycles. The molecule has 0 amide bonds. The first-order chi connectivity index (χ1) is 12.2. The number of fused-ring (bicyclic) bond motifs is 3. The SMILES string of the molecule is COc1ccc(/C=N/n2cnc3sc4c(c3c2=O)CCCC4)cc1O. The Morgan fingerprint density at radius 3 is 3.00 bits per heavy atom. The highest BCUT2D eigenvalue weighted by Gasteiger charge is 2.19. The third-order valence-corrected chi connectivity index (χ3v) is 5.59. The van der Waals surface area contributed by atoms with E-state index in [1.165, 1.54) is 41.7 Å². The fourth-order valence-electron chi connectivity index (χ4n) is 3.14. The molecule has 1 aliphatic rings. The summed E-state index contributed by atoms with van der Waals surface area (Å²) in [7, 11) is 1.49. The van der Waals surface area contributed by atoms with E-state index < -0.39 is 0 Å². The number of thiophene rings is 1. The van der Waals surface area contributed by atoms with Gasteiger partial charge in [0, 0.05) is 4.88 Å². The van der Waals surface area contributed by atoms with Crippen LogP contribution in [0.15, 0.2) is 34.4 Å². The largest absolute Gasteiger partial charge is 0.504 e. The summed E-state index contributed by atoms with van der Waals surface area (Å²) in [5.74, 6) is 0.418. The highest BCUT2D eigenvalue weighted by atomic mass is 32.1. The molecule has 0 spiro atoms. The molecule has 0 saturated carbocycles. The van der Waals surface area contributed by atoms with Crippen LogP contribution in [0.2, 0.25) is 0 Å². The Hall–Kier alpha value is -2.67. The van der Waals surface area contributed by atoms with Crippen molar-refractivity contribution < 1.29 is 9.84 Å². The van der Waals surface area contributed by atoms with E-state index in [-0.39, 0.29) is 11.3 Å². The van der Waals surface area contributed by atoms with Crippen LogP contribution in [0.1, 0.15) is 28.8 Å². The fourth-order valence-corrected chi connectivity index (χ4v) is 4.36. The normalized spacial score (nSPS) is 14.1. The highest BCUT2D eigenvalue weighted by Crippen LogP contribution is 2.33. The van der Waals surface area contributed by atoms with Gasteiger partial charge in [-0.1, -0.05) is 0 Å². The molecule has 25 heavy (non-hydrogen) atoms. The second-order valence-corrected chi connectivity index (χ2v) is 7.04. The van der Waals surface area contributed by atoms with Gasteiger partial charge in [0.1, 0.15) is 11.2 Å². The summed E-state index contributed by atoms with van der Waals surface area (Å²) in [6.07, 6.45) is 7.23. The Balaban J connectivity index is 1.73. The van der Waals surface area contributed by atoms with Gasteiger partial charge in [-0.05, 0) is 55.0 Å². The number of nitrogens with zero attached hydrogens (tertiary/aromatic N) is 3. The lowest BCUT2D eigenvalue weighted by molar-refractivity contribution is 0.373. The van der Waals surface area contributed by atoms with Crippen LogP contribution < -0.4 is 10.3 Å². The van der Waals surface area contributed by atoms with Gasteiger partial charge in [-0.2, -0.15) is 9.78 Å². The van der Waals surface area contributed by atoms with Crippen LogP contribution in [0.3, 0.4) is 0 Å². The van der Waals surface area contributed by atoms with E-state index in [0.717, 1.165) is 29.7 Å². The maximum Gasteiger partial charge on any atom is 0.282 e. The Bertz CT molecular complexity index is 1040. The number of aromatic hydroxyl groups is 1. The maximum atomic E-state index is 12.8. The first-order valence-electron chi connectivity index (χ1n) is 8.10. The standard InChI is InChI=1S/C18H17N3O3S/c1-24-14-7-6-11(8-13(14)22)9-20-21-10-19-17-16(18(21)23)12-4-2-3-5-15(12)25-17/h6-10,22H,2-5H2,1H3/b20-9+. The Kier molecular flexibility index (Phi) is 4.01. The van der Waals surface area contributed by atoms with Gasteiger partial charge in [-0.25, -0.2) is 4.98 Å². The summed E-state index contributed by atoms with van der Waals surface area (Å²) < 4.78 is 6.27. The summed E-state index contributed by atoms with van der Waals surface area (Å²) in [6, 6.07) is 4.94. The number of methoxy groups -OCH3 is 1. The van der Waals surface area contributed by atoms with Crippen molar-refractivity contribution in [3.05, 3.63) is 50.9 Å². The molecule has 3 aromatic rings. The van der Waals surface area contributed by atoms with Crippen LogP contribution in [0.5, 0.6) is 11.5 Å². The van der Waals surface area contributed by atoms with Gasteiger partial charge in [-0.15, -0.1) is 11.3 Å². The number of benzene rings is 1. The minimum atomic E-state index is -0.140. The Morgan fingerprint density at radius 2 is 2.20 bits per heavy atom. The zero-order valence-electron chi connectivity index (χ0n) is 13.7. The van der Waals surface area contributed by atoms with Crippen molar-refractivity contribution in [3.8, 4) is 11.5 Å². The minimum Gasteiger partial charge on any atom is -0.504 e. The summed E-state index contributed by atoms with van der Waals surface area (Å²) in [6.45, 7) is 0. The molecule has 0 fully saturated rings. The molecular weight excluding hydrogens is 338 g/mol. The van der Waals surface area contributed by atoms with Crippen molar-refractivity contribution in [3.63, 3.8) is 0 Å². The van der Waals surface area contributed by atoms with Crippen molar-refractivity contribution in [2.45, 2.75) is 25.7 Å². The number of aryl methyl sites for hydroxylation is 2. The number of rotatable bonds is 3. The van der Waals surface area contributed by atoms with E-state index in [1.54, 1.807) is 23.5 Å². The number of hydrogen-bond acceptors (Lipinski definition) is 6. The maximum absolute atomic E-state index is 12.8. The van der Waals surface area contributed by atoms with Crippen LogP contribution in [-0.4, -0.2) is 28.1 Å². The molecule has 0 atom stereocenters. The minimum absolute atomic E-state index is 0.0271. The van der Waals surface area contributed by atoms with Crippen molar-refractivity contribution >= 4 is 27.8 Å². The van der Waals surface area contributed by atoms with E-state index in [2.05, 4.69) is 10.1 Å². The predicted molar refractivity (Wildman–Crippen MR) is 98.2 cm³/mol. The van der Waals surface area contributed by atoms with Crippen molar-refractivity contribution in [2.24, 2.45) is 5.10 Å². The first kappa shape index (κ1) is 15.8. The van der Waals surface area contributed by atoms with Gasteiger partial charge >= 0.3 is 0 Å². The summed E-state index contributed by atoms with van der Waals surface area (Å²) in [4.78, 5) is 19.3. The van der Waals surface area contributed by atoms with Crippen molar-refractivity contribution in [2.75, 3.05) is 7.11 Å². The summed E-state index contributed by atoms with van der Waals surface area (Å²) >= 11 is 1.62. The quantitative estimate of drug-likeness (QED) is 0.733. The van der Waals surface area contributed by atoms with E-state index in [4.69, 9.17) is 4.74 Å². The first-order valence-corrected chi connectivity index (χ1v) is 8.92. The monoisotopic (exact) mass is 355 g/mol. The lowest BCUT2D eigenvalue weighted by atomic mass is 9.97. The van der Waals surface area contributed by atoms with Gasteiger partial charge in [-0.3, -0.25) is 4.79 Å². The molecule has 128 valence electrons. The number of ether oxygens (including phenoxy) is 1. The fraction of sp³-hybridized carbons (Fsp3) is 0.278. The molecule has 6 nitrogen and oxygen atoms in total. The third kappa shape index (κ3) is 2.80.